The Morgan fingerprint density at radius 2 is 2.37 bits per heavy atom. The molecule has 1 aromatic rings. The Morgan fingerprint density at radius 1 is 1.58 bits per heavy atom. The molecule has 0 unspecified atom stereocenters. The summed E-state index contributed by atoms with van der Waals surface area (Å²) in [5, 5.41) is 12.2. The molecule has 0 atom stereocenters. The fraction of sp³-hybridized carbons (Fsp3) is 0.385. The van der Waals surface area contributed by atoms with Gasteiger partial charge in [0.1, 0.15) is 0 Å². The molecule has 2 rings (SSSR count). The van der Waals surface area contributed by atoms with E-state index in [4.69, 9.17) is 5.11 Å². The standard InChI is InChI=1S/C13H18N4O2/c1-16(2)5-6-17-8-12(15-9-17)11-7-10(13(18)19)3-4-14-11/h3-4,7-8,15H,5-6,9H2,1-2H3,(H,18,19). The minimum atomic E-state index is -0.938. The first kappa shape index (κ1) is 13.4. The van der Waals surface area contributed by atoms with Crippen molar-refractivity contribution in [2.45, 2.75) is 0 Å². The molecule has 6 heteroatoms. The lowest BCUT2D eigenvalue weighted by Gasteiger charge is -2.17. The van der Waals surface area contributed by atoms with E-state index in [0.717, 1.165) is 25.5 Å². The number of hydrogen-bond donors (Lipinski definition) is 2. The molecule has 19 heavy (non-hydrogen) atoms. The van der Waals surface area contributed by atoms with Gasteiger partial charge in [0.25, 0.3) is 0 Å². The third-order valence-electron chi connectivity index (χ3n) is 2.90. The number of carboxylic acid groups (broad SMARTS) is 1. The number of rotatable bonds is 5. The van der Waals surface area contributed by atoms with E-state index in [1.165, 1.54) is 12.3 Å². The molecule has 0 saturated heterocycles. The highest BCUT2D eigenvalue weighted by Gasteiger charge is 2.15. The molecule has 6 nitrogen and oxygen atoms in total. The summed E-state index contributed by atoms with van der Waals surface area (Å²) in [6.07, 6.45) is 3.50. The zero-order chi connectivity index (χ0) is 13.8. The van der Waals surface area contributed by atoms with Crippen LogP contribution in [0.25, 0.3) is 5.70 Å². The normalized spacial score (nSPS) is 14.5. The quantitative estimate of drug-likeness (QED) is 0.805. The van der Waals surface area contributed by atoms with E-state index >= 15 is 0 Å². The number of aromatic carboxylic acids is 1. The van der Waals surface area contributed by atoms with E-state index in [1.54, 1.807) is 6.07 Å². The van der Waals surface area contributed by atoms with E-state index in [2.05, 4.69) is 20.1 Å². The maximum Gasteiger partial charge on any atom is 0.335 e. The SMILES string of the molecule is CN(C)CCN1C=C(c2cc(C(=O)O)ccn2)NC1. The molecular formula is C13H18N4O2. The molecule has 2 heterocycles. The van der Waals surface area contributed by atoms with Crippen LogP contribution < -0.4 is 5.32 Å². The second-order valence-electron chi connectivity index (χ2n) is 4.73. The van der Waals surface area contributed by atoms with E-state index in [-0.39, 0.29) is 5.56 Å². The number of carboxylic acids is 1. The minimum Gasteiger partial charge on any atom is -0.478 e. The smallest absolute Gasteiger partial charge is 0.335 e. The van der Waals surface area contributed by atoms with Crippen molar-refractivity contribution in [2.24, 2.45) is 0 Å². The average Bonchev–Trinajstić information content (AvgIpc) is 2.85. The summed E-state index contributed by atoms with van der Waals surface area (Å²) in [6.45, 7) is 2.61. The average molecular weight is 262 g/mol. The van der Waals surface area contributed by atoms with Crippen molar-refractivity contribution in [1.29, 1.82) is 0 Å². The first-order valence-corrected chi connectivity index (χ1v) is 6.10. The number of aromatic nitrogens is 1. The summed E-state index contributed by atoms with van der Waals surface area (Å²) >= 11 is 0. The van der Waals surface area contributed by atoms with Gasteiger partial charge in [0.2, 0.25) is 0 Å². The Balaban J connectivity index is 2.08. The van der Waals surface area contributed by atoms with Gasteiger partial charge in [-0.3, -0.25) is 4.98 Å². The lowest BCUT2D eigenvalue weighted by atomic mass is 10.2. The molecule has 0 aliphatic carbocycles. The molecule has 0 amide bonds. The summed E-state index contributed by atoms with van der Waals surface area (Å²) in [4.78, 5) is 19.4. The van der Waals surface area contributed by atoms with Gasteiger partial charge in [-0.25, -0.2) is 4.79 Å². The highest BCUT2D eigenvalue weighted by atomic mass is 16.4. The van der Waals surface area contributed by atoms with E-state index in [1.807, 2.05) is 20.3 Å². The van der Waals surface area contributed by atoms with Crippen LogP contribution in [0, 0.1) is 0 Å². The van der Waals surface area contributed by atoms with E-state index in [0.29, 0.717) is 5.69 Å². The Bertz CT molecular complexity index is 499. The van der Waals surface area contributed by atoms with Crippen LogP contribution in [-0.4, -0.2) is 59.7 Å². The summed E-state index contributed by atoms with van der Waals surface area (Å²) in [6, 6.07) is 3.07. The number of likely N-dealkylation sites (N-methyl/N-ethyl adjacent to an activating group) is 1. The fourth-order valence-electron chi connectivity index (χ4n) is 1.80. The van der Waals surface area contributed by atoms with Crippen molar-refractivity contribution in [3.05, 3.63) is 35.8 Å². The van der Waals surface area contributed by atoms with Gasteiger partial charge >= 0.3 is 5.97 Å². The fourth-order valence-corrected chi connectivity index (χ4v) is 1.80. The van der Waals surface area contributed by atoms with Gasteiger partial charge in [-0.1, -0.05) is 0 Å². The highest BCUT2D eigenvalue weighted by Crippen LogP contribution is 2.15. The topological polar surface area (TPSA) is 68.7 Å². The Kier molecular flexibility index (Phi) is 4.01. The predicted octanol–water partition coefficient (Wildman–Crippen LogP) is 0.502. The van der Waals surface area contributed by atoms with Crippen molar-refractivity contribution in [1.82, 2.24) is 20.1 Å². The van der Waals surface area contributed by atoms with Crippen molar-refractivity contribution in [2.75, 3.05) is 33.9 Å². The van der Waals surface area contributed by atoms with Gasteiger partial charge in [0.15, 0.2) is 0 Å². The van der Waals surface area contributed by atoms with Gasteiger partial charge in [-0.15, -0.1) is 0 Å². The lowest BCUT2D eigenvalue weighted by molar-refractivity contribution is 0.0696. The molecule has 0 radical (unpaired) electrons. The molecule has 102 valence electrons. The van der Waals surface area contributed by atoms with Crippen molar-refractivity contribution >= 4 is 11.7 Å². The van der Waals surface area contributed by atoms with Crippen molar-refractivity contribution < 1.29 is 9.90 Å². The molecule has 1 aromatic heterocycles. The Labute approximate surface area is 112 Å². The third-order valence-corrected chi connectivity index (χ3v) is 2.90. The first-order chi connectivity index (χ1) is 9.06. The van der Waals surface area contributed by atoms with Crippen LogP contribution in [0.2, 0.25) is 0 Å². The molecule has 1 aliphatic rings. The van der Waals surface area contributed by atoms with Crippen LogP contribution in [0.5, 0.6) is 0 Å². The summed E-state index contributed by atoms with van der Waals surface area (Å²) < 4.78 is 0. The van der Waals surface area contributed by atoms with Gasteiger partial charge < -0.3 is 20.2 Å². The molecule has 0 fully saturated rings. The van der Waals surface area contributed by atoms with Crippen LogP contribution >= 0.6 is 0 Å². The van der Waals surface area contributed by atoms with E-state index < -0.39 is 5.97 Å². The van der Waals surface area contributed by atoms with Crippen LogP contribution in [-0.2, 0) is 0 Å². The number of nitrogens with one attached hydrogen (secondary N) is 1. The van der Waals surface area contributed by atoms with E-state index in [9.17, 15) is 4.79 Å². The number of pyridine rings is 1. The lowest BCUT2D eigenvalue weighted by Crippen LogP contribution is -2.29. The first-order valence-electron chi connectivity index (χ1n) is 6.10. The van der Waals surface area contributed by atoms with Gasteiger partial charge in [0.05, 0.1) is 23.6 Å². The zero-order valence-corrected chi connectivity index (χ0v) is 11.1. The molecular weight excluding hydrogens is 244 g/mol. The molecule has 0 bridgehead atoms. The molecule has 2 N–H and O–H groups in total. The van der Waals surface area contributed by atoms with Gasteiger partial charge in [-0.05, 0) is 26.2 Å². The molecule has 0 spiro atoms. The highest BCUT2D eigenvalue weighted by molar-refractivity contribution is 5.88. The van der Waals surface area contributed by atoms with Gasteiger partial charge in [-0.2, -0.15) is 0 Å². The zero-order valence-electron chi connectivity index (χ0n) is 11.1. The third kappa shape index (κ3) is 3.45. The predicted molar refractivity (Wildman–Crippen MR) is 72.4 cm³/mol. The second kappa shape index (κ2) is 5.71. The minimum absolute atomic E-state index is 0.249. The molecule has 0 saturated carbocycles. The van der Waals surface area contributed by atoms with Gasteiger partial charge in [0, 0.05) is 25.5 Å². The van der Waals surface area contributed by atoms with Crippen LogP contribution in [0.3, 0.4) is 0 Å². The maximum atomic E-state index is 10.9. The van der Waals surface area contributed by atoms with Crippen molar-refractivity contribution in [3.8, 4) is 0 Å². The molecule has 0 aromatic carbocycles. The summed E-state index contributed by atoms with van der Waals surface area (Å²) in [7, 11) is 4.07. The summed E-state index contributed by atoms with van der Waals surface area (Å²) in [5.41, 5.74) is 1.77. The monoisotopic (exact) mass is 262 g/mol. The molecule has 1 aliphatic heterocycles. The Morgan fingerprint density at radius 3 is 3.05 bits per heavy atom. The number of nitrogens with zero attached hydrogens (tertiary/aromatic N) is 3. The van der Waals surface area contributed by atoms with Crippen LogP contribution in [0.15, 0.2) is 24.5 Å². The second-order valence-corrected chi connectivity index (χ2v) is 4.73. The summed E-state index contributed by atoms with van der Waals surface area (Å²) in [5.74, 6) is -0.938. The Hall–Kier alpha value is -2.08. The van der Waals surface area contributed by atoms with Crippen molar-refractivity contribution in [3.63, 3.8) is 0 Å². The van der Waals surface area contributed by atoms with Crippen LogP contribution in [0.1, 0.15) is 16.1 Å². The van der Waals surface area contributed by atoms with Crippen LogP contribution in [0.4, 0.5) is 0 Å². The largest absolute Gasteiger partial charge is 0.478 e. The maximum absolute atomic E-state index is 10.9. The number of carbonyl (C=O) groups is 1. The number of hydrogen-bond acceptors (Lipinski definition) is 5.